The van der Waals surface area contributed by atoms with Crippen LogP contribution in [-0.4, -0.2) is 31.1 Å². The van der Waals surface area contributed by atoms with Crippen molar-refractivity contribution in [1.29, 1.82) is 5.26 Å². The predicted molar refractivity (Wildman–Crippen MR) is 65.3 cm³/mol. The van der Waals surface area contributed by atoms with Gasteiger partial charge in [-0.05, 0) is 32.0 Å². The normalized spacial score (nSPS) is 14.7. The number of hydrogen-bond donors (Lipinski definition) is 1. The average Bonchev–Trinajstić information content (AvgIpc) is 3.13. The van der Waals surface area contributed by atoms with Gasteiger partial charge in [-0.3, -0.25) is 0 Å². The summed E-state index contributed by atoms with van der Waals surface area (Å²) < 4.78 is 13.3. The first-order valence-corrected chi connectivity index (χ1v) is 5.85. The van der Waals surface area contributed by atoms with Crippen LogP contribution in [0.5, 0.6) is 0 Å². The van der Waals surface area contributed by atoms with Gasteiger partial charge >= 0.3 is 0 Å². The van der Waals surface area contributed by atoms with Crippen LogP contribution in [0.3, 0.4) is 0 Å². The van der Waals surface area contributed by atoms with E-state index in [9.17, 15) is 4.39 Å². The molecule has 0 aliphatic heterocycles. The quantitative estimate of drug-likeness (QED) is 0.847. The van der Waals surface area contributed by atoms with Gasteiger partial charge in [-0.25, -0.2) is 4.39 Å². The molecule has 0 spiro atoms. The van der Waals surface area contributed by atoms with Crippen molar-refractivity contribution in [3.05, 3.63) is 29.6 Å². The van der Waals surface area contributed by atoms with E-state index in [0.717, 1.165) is 19.1 Å². The summed E-state index contributed by atoms with van der Waals surface area (Å²) in [5.41, 5.74) is 0.679. The molecule has 0 unspecified atom stereocenters. The molecule has 0 saturated heterocycles. The van der Waals surface area contributed by atoms with Crippen LogP contribution < -0.4 is 5.32 Å². The lowest BCUT2D eigenvalue weighted by Gasteiger charge is -2.16. The van der Waals surface area contributed by atoms with Gasteiger partial charge in [-0.15, -0.1) is 0 Å². The van der Waals surface area contributed by atoms with E-state index in [1.807, 2.05) is 6.07 Å². The van der Waals surface area contributed by atoms with E-state index in [0.29, 0.717) is 5.69 Å². The molecule has 17 heavy (non-hydrogen) atoms. The van der Waals surface area contributed by atoms with E-state index in [2.05, 4.69) is 17.3 Å². The topological polar surface area (TPSA) is 39.1 Å². The Balaban J connectivity index is 1.90. The fourth-order valence-corrected chi connectivity index (χ4v) is 1.85. The number of likely N-dealkylation sites (N-methyl/N-ethyl adjacent to an activating group) is 1. The highest BCUT2D eigenvalue weighted by Gasteiger charge is 2.25. The fourth-order valence-electron chi connectivity index (χ4n) is 1.85. The number of nitrogens with one attached hydrogen (secondary N) is 1. The third-order valence-corrected chi connectivity index (χ3v) is 3.08. The number of hydrogen-bond acceptors (Lipinski definition) is 3. The molecule has 1 N–H and O–H groups in total. The monoisotopic (exact) mass is 233 g/mol. The zero-order valence-electron chi connectivity index (χ0n) is 9.91. The van der Waals surface area contributed by atoms with Gasteiger partial charge < -0.3 is 10.2 Å². The summed E-state index contributed by atoms with van der Waals surface area (Å²) in [4.78, 5) is 2.29. The van der Waals surface area contributed by atoms with Crippen LogP contribution in [0.1, 0.15) is 18.4 Å². The highest BCUT2D eigenvalue weighted by Crippen LogP contribution is 2.25. The van der Waals surface area contributed by atoms with E-state index in [-0.39, 0.29) is 5.56 Å². The van der Waals surface area contributed by atoms with Crippen LogP contribution in [0, 0.1) is 17.1 Å². The second-order valence-corrected chi connectivity index (χ2v) is 4.41. The molecule has 90 valence electrons. The SMILES string of the molecule is CN(CCNc1cccc(F)c1C#N)C1CC1. The number of halogens is 1. The Kier molecular flexibility index (Phi) is 3.60. The van der Waals surface area contributed by atoms with Gasteiger partial charge in [0, 0.05) is 19.1 Å². The largest absolute Gasteiger partial charge is 0.383 e. The Hall–Kier alpha value is -1.60. The molecule has 1 aromatic rings. The summed E-state index contributed by atoms with van der Waals surface area (Å²) in [6.07, 6.45) is 2.56. The van der Waals surface area contributed by atoms with Gasteiger partial charge in [0.05, 0.1) is 5.69 Å². The summed E-state index contributed by atoms with van der Waals surface area (Å²) >= 11 is 0. The minimum absolute atomic E-state index is 0.0987. The zero-order chi connectivity index (χ0) is 12.3. The molecule has 0 heterocycles. The molecule has 4 heteroatoms. The molecule has 1 fully saturated rings. The smallest absolute Gasteiger partial charge is 0.143 e. The van der Waals surface area contributed by atoms with E-state index in [4.69, 9.17) is 5.26 Å². The molecule has 0 radical (unpaired) electrons. The molecule has 3 nitrogen and oxygen atoms in total. The minimum Gasteiger partial charge on any atom is -0.383 e. The lowest BCUT2D eigenvalue weighted by molar-refractivity contribution is 0.337. The van der Waals surface area contributed by atoms with Gasteiger partial charge in [-0.1, -0.05) is 6.07 Å². The van der Waals surface area contributed by atoms with Crippen molar-refractivity contribution in [3.63, 3.8) is 0 Å². The number of nitriles is 1. The van der Waals surface area contributed by atoms with Gasteiger partial charge in [-0.2, -0.15) is 5.26 Å². The van der Waals surface area contributed by atoms with Gasteiger partial charge in [0.1, 0.15) is 17.4 Å². The van der Waals surface area contributed by atoms with Crippen LogP contribution in [0.15, 0.2) is 18.2 Å². The van der Waals surface area contributed by atoms with Crippen LogP contribution in [0.25, 0.3) is 0 Å². The first-order valence-electron chi connectivity index (χ1n) is 5.85. The van der Waals surface area contributed by atoms with Crippen LogP contribution in [0.4, 0.5) is 10.1 Å². The van der Waals surface area contributed by atoms with E-state index < -0.39 is 5.82 Å². The maximum atomic E-state index is 13.3. The van der Waals surface area contributed by atoms with Gasteiger partial charge in [0.25, 0.3) is 0 Å². The first kappa shape index (κ1) is 11.9. The highest BCUT2D eigenvalue weighted by atomic mass is 19.1. The maximum absolute atomic E-state index is 13.3. The minimum atomic E-state index is -0.465. The number of anilines is 1. The third-order valence-electron chi connectivity index (χ3n) is 3.08. The van der Waals surface area contributed by atoms with Crippen molar-refractivity contribution in [2.24, 2.45) is 0 Å². The highest BCUT2D eigenvalue weighted by molar-refractivity contribution is 5.57. The molecule has 1 aliphatic rings. The lowest BCUT2D eigenvalue weighted by Crippen LogP contribution is -2.27. The van der Waals surface area contributed by atoms with Crippen LogP contribution in [0.2, 0.25) is 0 Å². The number of benzene rings is 1. The Labute approximate surface area is 101 Å². The van der Waals surface area contributed by atoms with Crippen molar-refractivity contribution < 1.29 is 4.39 Å². The van der Waals surface area contributed by atoms with Crippen molar-refractivity contribution in [2.75, 3.05) is 25.5 Å². The van der Waals surface area contributed by atoms with Crippen LogP contribution in [-0.2, 0) is 0 Å². The fraction of sp³-hybridized carbons (Fsp3) is 0.462. The van der Waals surface area contributed by atoms with Gasteiger partial charge in [0.2, 0.25) is 0 Å². The van der Waals surface area contributed by atoms with Gasteiger partial charge in [0.15, 0.2) is 0 Å². The van der Waals surface area contributed by atoms with Crippen molar-refractivity contribution >= 4 is 5.69 Å². The Morgan fingerprint density at radius 1 is 1.53 bits per heavy atom. The molecule has 1 saturated carbocycles. The number of nitrogens with zero attached hydrogens (tertiary/aromatic N) is 2. The summed E-state index contributed by atoms with van der Waals surface area (Å²) in [5, 5.41) is 12.0. The molecular weight excluding hydrogens is 217 g/mol. The van der Waals surface area contributed by atoms with Crippen LogP contribution >= 0.6 is 0 Å². The Morgan fingerprint density at radius 3 is 2.94 bits per heavy atom. The standard InChI is InChI=1S/C13H16FN3/c1-17(10-5-6-10)8-7-16-13-4-2-3-12(14)11(13)9-15/h2-4,10,16H,5-8H2,1H3. The van der Waals surface area contributed by atoms with Crippen molar-refractivity contribution in [3.8, 4) is 6.07 Å². The molecule has 0 aromatic heterocycles. The lowest BCUT2D eigenvalue weighted by atomic mass is 10.2. The summed E-state index contributed by atoms with van der Waals surface area (Å²) in [6, 6.07) is 7.26. The average molecular weight is 233 g/mol. The molecule has 0 atom stereocenters. The Bertz CT molecular complexity index is 435. The first-order chi connectivity index (χ1) is 8.22. The third kappa shape index (κ3) is 2.95. The summed E-state index contributed by atoms with van der Waals surface area (Å²) in [5.74, 6) is -0.465. The Morgan fingerprint density at radius 2 is 2.29 bits per heavy atom. The molecule has 2 rings (SSSR count). The summed E-state index contributed by atoms with van der Waals surface area (Å²) in [7, 11) is 2.09. The maximum Gasteiger partial charge on any atom is 0.143 e. The molecule has 1 aliphatic carbocycles. The summed E-state index contributed by atoms with van der Waals surface area (Å²) in [6.45, 7) is 1.64. The molecular formula is C13H16FN3. The van der Waals surface area contributed by atoms with Crippen molar-refractivity contribution in [1.82, 2.24) is 4.90 Å². The van der Waals surface area contributed by atoms with Crippen molar-refractivity contribution in [2.45, 2.75) is 18.9 Å². The molecule has 0 amide bonds. The second kappa shape index (κ2) is 5.15. The van der Waals surface area contributed by atoms with E-state index >= 15 is 0 Å². The molecule has 1 aromatic carbocycles. The zero-order valence-corrected chi connectivity index (χ0v) is 9.91. The van der Waals surface area contributed by atoms with E-state index in [1.165, 1.54) is 18.9 Å². The second-order valence-electron chi connectivity index (χ2n) is 4.41. The molecule has 0 bridgehead atoms. The number of rotatable bonds is 5. The van der Waals surface area contributed by atoms with E-state index in [1.54, 1.807) is 12.1 Å². The predicted octanol–water partition coefficient (Wildman–Crippen LogP) is 2.20.